The third kappa shape index (κ3) is 4.72. The molecule has 0 unspecified atom stereocenters. The molecule has 0 fully saturated rings. The quantitative estimate of drug-likeness (QED) is 0.747. The number of hydrogen-bond donors (Lipinski definition) is 0. The first kappa shape index (κ1) is 17.8. The van der Waals surface area contributed by atoms with Gasteiger partial charge in [0.1, 0.15) is 0 Å². The summed E-state index contributed by atoms with van der Waals surface area (Å²) < 4.78 is 10.6. The number of amides is 1. The van der Waals surface area contributed by atoms with E-state index in [4.69, 9.17) is 9.47 Å². The molecule has 5 nitrogen and oxygen atoms in total. The van der Waals surface area contributed by atoms with E-state index >= 15 is 0 Å². The number of ether oxygens (including phenoxy) is 2. The number of carbonyl (C=O) groups is 1. The molecule has 5 heteroatoms. The summed E-state index contributed by atoms with van der Waals surface area (Å²) in [7, 11) is 3.22. The molecule has 1 aromatic carbocycles. The lowest BCUT2D eigenvalue weighted by Gasteiger charge is -2.21. The highest BCUT2D eigenvalue weighted by molar-refractivity contribution is 5.76. The van der Waals surface area contributed by atoms with Crippen molar-refractivity contribution in [1.82, 2.24) is 9.88 Å². The van der Waals surface area contributed by atoms with E-state index < -0.39 is 0 Å². The van der Waals surface area contributed by atoms with Gasteiger partial charge < -0.3 is 14.4 Å². The van der Waals surface area contributed by atoms with E-state index in [1.165, 1.54) is 0 Å². The van der Waals surface area contributed by atoms with Gasteiger partial charge in [0.05, 0.1) is 14.2 Å². The minimum Gasteiger partial charge on any atom is -0.493 e. The number of aromatic nitrogens is 1. The van der Waals surface area contributed by atoms with Gasteiger partial charge >= 0.3 is 0 Å². The fourth-order valence-electron chi connectivity index (χ4n) is 2.53. The van der Waals surface area contributed by atoms with Crippen LogP contribution in [0.5, 0.6) is 11.5 Å². The molecule has 0 atom stereocenters. The Labute approximate surface area is 143 Å². The summed E-state index contributed by atoms with van der Waals surface area (Å²) in [5.41, 5.74) is 2.09. The second-order valence-corrected chi connectivity index (χ2v) is 5.46. The van der Waals surface area contributed by atoms with Gasteiger partial charge in [-0.2, -0.15) is 0 Å². The van der Waals surface area contributed by atoms with Gasteiger partial charge in [-0.1, -0.05) is 12.1 Å². The maximum atomic E-state index is 12.5. The molecule has 0 aliphatic heterocycles. The highest BCUT2D eigenvalue weighted by Gasteiger charge is 2.14. The van der Waals surface area contributed by atoms with E-state index in [-0.39, 0.29) is 5.91 Å². The zero-order valence-corrected chi connectivity index (χ0v) is 14.5. The largest absolute Gasteiger partial charge is 0.493 e. The molecule has 2 aromatic rings. The van der Waals surface area contributed by atoms with Crippen LogP contribution in [0.1, 0.15) is 24.5 Å². The third-order valence-corrected chi connectivity index (χ3v) is 3.91. The Hall–Kier alpha value is -2.56. The number of methoxy groups -OCH3 is 2. The van der Waals surface area contributed by atoms with Crippen LogP contribution in [0.2, 0.25) is 0 Å². The molecule has 1 amide bonds. The van der Waals surface area contributed by atoms with Crippen LogP contribution in [-0.4, -0.2) is 36.6 Å². The zero-order valence-electron chi connectivity index (χ0n) is 14.5. The van der Waals surface area contributed by atoms with Crippen molar-refractivity contribution in [3.63, 3.8) is 0 Å². The predicted molar refractivity (Wildman–Crippen MR) is 93.2 cm³/mol. The lowest BCUT2D eigenvalue weighted by atomic mass is 10.1. The molecule has 0 bridgehead atoms. The minimum atomic E-state index is 0.135. The van der Waals surface area contributed by atoms with E-state index in [0.717, 1.165) is 11.1 Å². The molecule has 0 N–H and O–H groups in total. The summed E-state index contributed by atoms with van der Waals surface area (Å²) >= 11 is 0. The van der Waals surface area contributed by atoms with E-state index in [9.17, 15) is 4.79 Å². The third-order valence-electron chi connectivity index (χ3n) is 3.91. The SMILES string of the molecule is CCN(Cc1ccc(OC)c(OC)c1)C(=O)CCc1cccnc1. The molecule has 128 valence electrons. The van der Waals surface area contributed by atoms with Gasteiger partial charge in [-0.25, -0.2) is 0 Å². The topological polar surface area (TPSA) is 51.7 Å². The Morgan fingerprint density at radius 2 is 1.92 bits per heavy atom. The van der Waals surface area contributed by atoms with Crippen molar-refractivity contribution < 1.29 is 14.3 Å². The Morgan fingerprint density at radius 1 is 1.12 bits per heavy atom. The molecule has 1 aromatic heterocycles. The highest BCUT2D eigenvalue weighted by atomic mass is 16.5. The maximum Gasteiger partial charge on any atom is 0.223 e. The number of pyridine rings is 1. The number of benzene rings is 1. The van der Waals surface area contributed by atoms with Crippen LogP contribution in [0.15, 0.2) is 42.7 Å². The molecule has 0 aliphatic carbocycles. The van der Waals surface area contributed by atoms with Crippen molar-refractivity contribution in [3.05, 3.63) is 53.9 Å². The van der Waals surface area contributed by atoms with Crippen LogP contribution < -0.4 is 9.47 Å². The highest BCUT2D eigenvalue weighted by Crippen LogP contribution is 2.28. The standard InChI is InChI=1S/C19H24N2O3/c1-4-21(19(22)10-8-15-6-5-11-20-13-15)14-16-7-9-17(23-2)18(12-16)24-3/h5-7,9,11-13H,4,8,10,14H2,1-3H3. The normalized spacial score (nSPS) is 10.3. The molecule has 0 saturated carbocycles. The molecule has 24 heavy (non-hydrogen) atoms. The molecular weight excluding hydrogens is 304 g/mol. The summed E-state index contributed by atoms with van der Waals surface area (Å²) in [5.74, 6) is 1.50. The fourth-order valence-corrected chi connectivity index (χ4v) is 2.53. The second-order valence-electron chi connectivity index (χ2n) is 5.46. The van der Waals surface area contributed by atoms with Gasteiger partial charge in [-0.15, -0.1) is 0 Å². The van der Waals surface area contributed by atoms with Crippen molar-refractivity contribution in [2.24, 2.45) is 0 Å². The van der Waals surface area contributed by atoms with Crippen LogP contribution in [0, 0.1) is 0 Å². The molecule has 1 heterocycles. The van der Waals surface area contributed by atoms with Crippen LogP contribution >= 0.6 is 0 Å². The lowest BCUT2D eigenvalue weighted by Crippen LogP contribution is -2.30. The average molecular weight is 328 g/mol. The summed E-state index contributed by atoms with van der Waals surface area (Å²) in [6, 6.07) is 9.61. The van der Waals surface area contributed by atoms with Crippen molar-refractivity contribution in [2.75, 3.05) is 20.8 Å². The Morgan fingerprint density at radius 3 is 2.54 bits per heavy atom. The number of hydrogen-bond acceptors (Lipinski definition) is 4. The second kappa shape index (κ2) is 8.91. The Kier molecular flexibility index (Phi) is 6.61. The maximum absolute atomic E-state index is 12.5. The van der Waals surface area contributed by atoms with Gasteiger partial charge in [0.25, 0.3) is 0 Å². The summed E-state index contributed by atoms with van der Waals surface area (Å²) in [4.78, 5) is 18.4. The number of nitrogens with zero attached hydrogens (tertiary/aromatic N) is 2. The van der Waals surface area contributed by atoms with Gasteiger partial charge in [0.2, 0.25) is 5.91 Å². The average Bonchev–Trinajstić information content (AvgIpc) is 2.64. The molecule has 0 spiro atoms. The van der Waals surface area contributed by atoms with Crippen molar-refractivity contribution in [2.45, 2.75) is 26.3 Å². The molecular formula is C19H24N2O3. The lowest BCUT2D eigenvalue weighted by molar-refractivity contribution is -0.131. The summed E-state index contributed by atoms with van der Waals surface area (Å²) in [5, 5.41) is 0. The molecule has 2 rings (SSSR count). The Bertz CT molecular complexity index is 659. The summed E-state index contributed by atoms with van der Waals surface area (Å²) in [6.07, 6.45) is 4.72. The predicted octanol–water partition coefficient (Wildman–Crippen LogP) is 3.08. The first-order valence-electron chi connectivity index (χ1n) is 8.05. The van der Waals surface area contributed by atoms with E-state index in [1.54, 1.807) is 26.6 Å². The monoisotopic (exact) mass is 328 g/mol. The van der Waals surface area contributed by atoms with Crippen LogP contribution in [0.25, 0.3) is 0 Å². The van der Waals surface area contributed by atoms with Crippen molar-refractivity contribution in [1.29, 1.82) is 0 Å². The number of carbonyl (C=O) groups excluding carboxylic acids is 1. The minimum absolute atomic E-state index is 0.135. The number of rotatable bonds is 8. The van der Waals surface area contributed by atoms with Crippen molar-refractivity contribution in [3.8, 4) is 11.5 Å². The van der Waals surface area contributed by atoms with Crippen molar-refractivity contribution >= 4 is 5.91 Å². The smallest absolute Gasteiger partial charge is 0.223 e. The fraction of sp³-hybridized carbons (Fsp3) is 0.368. The summed E-state index contributed by atoms with van der Waals surface area (Å²) in [6.45, 7) is 3.21. The van der Waals surface area contributed by atoms with Gasteiger partial charge in [0, 0.05) is 31.9 Å². The molecule has 0 radical (unpaired) electrons. The van der Waals surface area contributed by atoms with Crippen LogP contribution in [0.3, 0.4) is 0 Å². The van der Waals surface area contributed by atoms with Gasteiger partial charge in [0.15, 0.2) is 11.5 Å². The first-order valence-corrected chi connectivity index (χ1v) is 8.05. The molecule has 0 saturated heterocycles. The van der Waals surface area contributed by atoms with E-state index in [2.05, 4.69) is 4.98 Å². The number of aryl methyl sites for hydroxylation is 1. The van der Waals surface area contributed by atoms with Crippen LogP contribution in [0.4, 0.5) is 0 Å². The van der Waals surface area contributed by atoms with E-state index in [0.29, 0.717) is 37.4 Å². The van der Waals surface area contributed by atoms with Crippen LogP contribution in [-0.2, 0) is 17.8 Å². The van der Waals surface area contributed by atoms with Gasteiger partial charge in [-0.3, -0.25) is 9.78 Å². The first-order chi connectivity index (χ1) is 11.7. The zero-order chi connectivity index (χ0) is 17.4. The van der Waals surface area contributed by atoms with E-state index in [1.807, 2.05) is 42.2 Å². The van der Waals surface area contributed by atoms with Gasteiger partial charge in [-0.05, 0) is 42.7 Å². The molecule has 0 aliphatic rings. The Balaban J connectivity index is 1.99.